The quantitative estimate of drug-likeness (QED) is 0.315. The summed E-state index contributed by atoms with van der Waals surface area (Å²) in [5.41, 5.74) is 5.27. The number of rotatable bonds is 7. The molecule has 180 valence electrons. The summed E-state index contributed by atoms with van der Waals surface area (Å²) < 4.78 is 1.67. The summed E-state index contributed by atoms with van der Waals surface area (Å²) in [4.78, 5) is 15.0. The van der Waals surface area contributed by atoms with Gasteiger partial charge in [-0.15, -0.1) is 0 Å². The van der Waals surface area contributed by atoms with Crippen LogP contribution in [-0.2, 0) is 26.6 Å². The van der Waals surface area contributed by atoms with Crippen LogP contribution in [0.1, 0.15) is 46.9 Å². The Morgan fingerprint density at radius 1 is 1.14 bits per heavy atom. The number of H-pyrrole nitrogens is 1. The standard InChI is InChI=1S/C26H28N6O3/c1-3-4-5-16-6-8-17(9-7-16)20-12-24(31(2)30-20)28-21-10-19(33)11-23(34)25(21)26(35)32-14-18-13-27-29-22(18)15-32/h6-13,28,33-34H,3-5,14-15H2,1-2H3,(H,27,29). The van der Waals surface area contributed by atoms with E-state index >= 15 is 0 Å². The number of phenols is 2. The molecule has 1 aliphatic rings. The minimum absolute atomic E-state index is 0.0870. The zero-order valence-electron chi connectivity index (χ0n) is 19.7. The maximum atomic E-state index is 13.4. The van der Waals surface area contributed by atoms with Crippen LogP contribution in [0.3, 0.4) is 0 Å². The van der Waals surface area contributed by atoms with E-state index in [1.54, 1.807) is 22.8 Å². The topological polar surface area (TPSA) is 119 Å². The van der Waals surface area contributed by atoms with Gasteiger partial charge in [0.1, 0.15) is 22.9 Å². The van der Waals surface area contributed by atoms with Gasteiger partial charge in [-0.05, 0) is 18.4 Å². The van der Waals surface area contributed by atoms with Gasteiger partial charge in [-0.3, -0.25) is 14.6 Å². The number of aromatic amines is 1. The maximum Gasteiger partial charge on any atom is 0.260 e. The van der Waals surface area contributed by atoms with Crippen molar-refractivity contribution >= 4 is 17.4 Å². The number of aromatic hydroxyl groups is 2. The number of phenolic OH excluding ortho intramolecular Hbond substituents is 2. The van der Waals surface area contributed by atoms with Crippen LogP contribution in [0.2, 0.25) is 0 Å². The van der Waals surface area contributed by atoms with E-state index in [1.165, 1.54) is 17.7 Å². The van der Waals surface area contributed by atoms with Crippen molar-refractivity contribution < 1.29 is 15.0 Å². The van der Waals surface area contributed by atoms with Crippen molar-refractivity contribution in [3.05, 3.63) is 71.0 Å². The van der Waals surface area contributed by atoms with Gasteiger partial charge in [-0.1, -0.05) is 37.6 Å². The molecule has 4 N–H and O–H groups in total. The maximum absolute atomic E-state index is 13.4. The smallest absolute Gasteiger partial charge is 0.260 e. The molecule has 3 heterocycles. The molecule has 0 spiro atoms. The van der Waals surface area contributed by atoms with Crippen LogP contribution in [0.25, 0.3) is 11.3 Å². The highest BCUT2D eigenvalue weighted by atomic mass is 16.3. The minimum atomic E-state index is -0.348. The first-order chi connectivity index (χ1) is 16.9. The molecule has 4 aromatic rings. The van der Waals surface area contributed by atoms with Crippen LogP contribution in [0.5, 0.6) is 11.5 Å². The number of nitrogens with one attached hydrogen (secondary N) is 2. The Balaban J connectivity index is 1.41. The third-order valence-corrected chi connectivity index (χ3v) is 6.33. The monoisotopic (exact) mass is 472 g/mol. The molecule has 0 saturated carbocycles. The molecule has 1 aliphatic heterocycles. The molecule has 5 rings (SSSR count). The van der Waals surface area contributed by atoms with E-state index in [9.17, 15) is 15.0 Å². The van der Waals surface area contributed by atoms with Gasteiger partial charge >= 0.3 is 0 Å². The molecule has 9 nitrogen and oxygen atoms in total. The van der Waals surface area contributed by atoms with Gasteiger partial charge in [-0.2, -0.15) is 10.2 Å². The predicted molar refractivity (Wildman–Crippen MR) is 132 cm³/mol. The van der Waals surface area contributed by atoms with E-state index in [0.717, 1.165) is 41.8 Å². The first-order valence-corrected chi connectivity index (χ1v) is 11.7. The van der Waals surface area contributed by atoms with Crippen molar-refractivity contribution in [1.29, 1.82) is 0 Å². The molecule has 35 heavy (non-hydrogen) atoms. The normalized spacial score (nSPS) is 12.7. The molecule has 0 atom stereocenters. The molecule has 0 radical (unpaired) electrons. The highest BCUT2D eigenvalue weighted by molar-refractivity contribution is 6.03. The van der Waals surface area contributed by atoms with Crippen molar-refractivity contribution in [1.82, 2.24) is 24.9 Å². The van der Waals surface area contributed by atoms with Crippen LogP contribution in [0, 0.1) is 0 Å². The van der Waals surface area contributed by atoms with Gasteiger partial charge < -0.3 is 20.4 Å². The van der Waals surface area contributed by atoms with Gasteiger partial charge in [0.05, 0.1) is 29.8 Å². The molecule has 0 fully saturated rings. The van der Waals surface area contributed by atoms with Crippen molar-refractivity contribution in [2.24, 2.45) is 7.05 Å². The summed E-state index contributed by atoms with van der Waals surface area (Å²) in [5, 5.41) is 35.4. The van der Waals surface area contributed by atoms with E-state index < -0.39 is 0 Å². The van der Waals surface area contributed by atoms with E-state index in [-0.39, 0.29) is 23.0 Å². The van der Waals surface area contributed by atoms with Gasteiger partial charge in [0.15, 0.2) is 0 Å². The van der Waals surface area contributed by atoms with E-state index in [1.807, 2.05) is 6.07 Å². The van der Waals surface area contributed by atoms with Crippen molar-refractivity contribution in [2.45, 2.75) is 39.3 Å². The predicted octanol–water partition coefficient (Wildman–Crippen LogP) is 4.46. The van der Waals surface area contributed by atoms with Crippen LogP contribution in [0.4, 0.5) is 11.5 Å². The molecular weight excluding hydrogens is 444 g/mol. The highest BCUT2D eigenvalue weighted by Gasteiger charge is 2.29. The fraction of sp³-hybridized carbons (Fsp3) is 0.269. The van der Waals surface area contributed by atoms with Crippen LogP contribution in [0.15, 0.2) is 48.7 Å². The molecule has 0 unspecified atom stereocenters. The number of hydrogen-bond acceptors (Lipinski definition) is 6. The summed E-state index contributed by atoms with van der Waals surface area (Å²) in [5.74, 6) is -0.177. The van der Waals surface area contributed by atoms with Crippen LogP contribution in [-0.4, -0.2) is 41.0 Å². The summed E-state index contributed by atoms with van der Waals surface area (Å²) in [7, 11) is 1.80. The molecule has 9 heteroatoms. The lowest BCUT2D eigenvalue weighted by Gasteiger charge is -2.19. The molecule has 0 aliphatic carbocycles. The first kappa shape index (κ1) is 22.5. The lowest BCUT2D eigenvalue weighted by molar-refractivity contribution is 0.0747. The summed E-state index contributed by atoms with van der Waals surface area (Å²) in [6.45, 7) is 2.95. The summed E-state index contributed by atoms with van der Waals surface area (Å²) in [6.07, 6.45) is 5.08. The molecular formula is C26H28N6O3. The number of amides is 1. The van der Waals surface area contributed by atoms with Gasteiger partial charge in [0.25, 0.3) is 5.91 Å². The Bertz CT molecular complexity index is 1350. The highest BCUT2D eigenvalue weighted by Crippen LogP contribution is 2.36. The van der Waals surface area contributed by atoms with Gasteiger partial charge in [0.2, 0.25) is 0 Å². The molecule has 0 saturated heterocycles. The molecule has 2 aromatic carbocycles. The first-order valence-electron chi connectivity index (χ1n) is 11.7. The van der Waals surface area contributed by atoms with Crippen molar-refractivity contribution in [3.63, 3.8) is 0 Å². The third kappa shape index (κ3) is 4.44. The number of anilines is 2. The largest absolute Gasteiger partial charge is 0.508 e. The lowest BCUT2D eigenvalue weighted by Crippen LogP contribution is -2.26. The second-order valence-electron chi connectivity index (χ2n) is 8.89. The number of benzene rings is 2. The Morgan fingerprint density at radius 2 is 1.94 bits per heavy atom. The Hall–Kier alpha value is -4.27. The van der Waals surface area contributed by atoms with Crippen molar-refractivity contribution in [3.8, 4) is 22.8 Å². The van der Waals surface area contributed by atoms with Crippen LogP contribution >= 0.6 is 0 Å². The SMILES string of the molecule is CCCCc1ccc(-c2cc(Nc3cc(O)cc(O)c3C(=O)N3Cc4cn[nH]c4C3)n(C)n2)cc1. The lowest BCUT2D eigenvalue weighted by atomic mass is 10.0. The van der Waals surface area contributed by atoms with E-state index in [2.05, 4.69) is 51.8 Å². The van der Waals surface area contributed by atoms with E-state index in [0.29, 0.717) is 24.6 Å². The number of carbonyl (C=O) groups excluding carboxylic acids is 1. The second-order valence-corrected chi connectivity index (χ2v) is 8.89. The Kier molecular flexibility index (Phi) is 5.90. The Morgan fingerprint density at radius 3 is 2.69 bits per heavy atom. The third-order valence-electron chi connectivity index (χ3n) is 6.33. The number of nitrogens with zero attached hydrogens (tertiary/aromatic N) is 4. The average Bonchev–Trinajstić information content (AvgIpc) is 3.53. The fourth-order valence-electron chi connectivity index (χ4n) is 4.39. The summed E-state index contributed by atoms with van der Waals surface area (Å²) >= 11 is 0. The molecule has 2 aromatic heterocycles. The zero-order valence-corrected chi connectivity index (χ0v) is 19.7. The number of unbranched alkanes of at least 4 members (excludes halogenated alkanes) is 1. The van der Waals surface area contributed by atoms with Crippen LogP contribution < -0.4 is 5.32 Å². The molecule has 1 amide bonds. The minimum Gasteiger partial charge on any atom is -0.508 e. The number of hydrogen-bond donors (Lipinski definition) is 4. The number of aryl methyl sites for hydroxylation is 2. The second kappa shape index (κ2) is 9.17. The summed E-state index contributed by atoms with van der Waals surface area (Å²) in [6, 6.07) is 12.8. The molecule has 0 bridgehead atoms. The number of carbonyl (C=O) groups is 1. The fourth-order valence-corrected chi connectivity index (χ4v) is 4.39. The van der Waals surface area contributed by atoms with Gasteiger partial charge in [-0.25, -0.2) is 0 Å². The average molecular weight is 473 g/mol. The van der Waals surface area contributed by atoms with Gasteiger partial charge in [0, 0.05) is 42.9 Å². The Labute approximate surface area is 203 Å². The van der Waals surface area contributed by atoms with Crippen molar-refractivity contribution in [2.75, 3.05) is 5.32 Å². The number of fused-ring (bicyclic) bond motifs is 1. The zero-order chi connectivity index (χ0) is 24.5. The van der Waals surface area contributed by atoms with E-state index in [4.69, 9.17) is 0 Å². The number of aromatic nitrogens is 4.